The van der Waals surface area contributed by atoms with Crippen molar-refractivity contribution in [3.05, 3.63) is 0 Å². The number of likely N-dealkylation sites (tertiary alicyclic amines) is 1. The maximum absolute atomic E-state index is 12.2. The van der Waals surface area contributed by atoms with E-state index in [9.17, 15) is 4.79 Å². The third kappa shape index (κ3) is 5.52. The molecule has 0 aromatic carbocycles. The van der Waals surface area contributed by atoms with Crippen molar-refractivity contribution in [1.82, 2.24) is 10.2 Å². The zero-order chi connectivity index (χ0) is 14.6. The molecule has 1 atom stereocenters. The molecule has 3 heteroatoms. The summed E-state index contributed by atoms with van der Waals surface area (Å²) in [4.78, 5) is 14.2. The lowest BCUT2D eigenvalue weighted by molar-refractivity contribution is -0.140. The van der Waals surface area contributed by atoms with Crippen molar-refractivity contribution in [1.29, 1.82) is 0 Å². The summed E-state index contributed by atoms with van der Waals surface area (Å²) in [5.41, 5.74) is -0.245. The van der Waals surface area contributed by atoms with Gasteiger partial charge in [0.25, 0.3) is 0 Å². The Bertz CT molecular complexity index is 286. The fourth-order valence-corrected chi connectivity index (χ4v) is 2.90. The molecule has 112 valence electrons. The average Bonchev–Trinajstić information content (AvgIpc) is 2.26. The molecule has 0 spiro atoms. The molecule has 1 N–H and O–H groups in total. The molecule has 1 aliphatic heterocycles. The van der Waals surface area contributed by atoms with Gasteiger partial charge in [0.2, 0.25) is 5.91 Å². The number of nitrogens with zero attached hydrogens (tertiary/aromatic N) is 1. The summed E-state index contributed by atoms with van der Waals surface area (Å²) in [5, 5.41) is 3.71. The monoisotopic (exact) mass is 268 g/mol. The number of amides is 1. The van der Waals surface area contributed by atoms with Crippen molar-refractivity contribution < 1.29 is 4.79 Å². The lowest BCUT2D eigenvalue weighted by Gasteiger charge is -2.37. The zero-order valence-corrected chi connectivity index (χ0v) is 13.6. The molecule has 0 bridgehead atoms. The number of carbonyl (C=O) groups is 1. The van der Waals surface area contributed by atoms with Gasteiger partial charge in [-0.25, -0.2) is 0 Å². The highest BCUT2D eigenvalue weighted by molar-refractivity contribution is 5.81. The molecule has 1 amide bonds. The Morgan fingerprint density at radius 3 is 2.16 bits per heavy atom. The van der Waals surface area contributed by atoms with E-state index < -0.39 is 0 Å². The minimum absolute atomic E-state index is 0.245. The second-order valence-electron chi connectivity index (χ2n) is 7.51. The Hall–Kier alpha value is -0.570. The summed E-state index contributed by atoms with van der Waals surface area (Å²) in [6, 6.07) is 1.16. The fraction of sp³-hybridized carbons (Fsp3) is 0.938. The minimum Gasteiger partial charge on any atom is -0.342 e. The van der Waals surface area contributed by atoms with E-state index in [4.69, 9.17) is 0 Å². The number of piperidine rings is 1. The molecule has 1 fully saturated rings. The largest absolute Gasteiger partial charge is 0.342 e. The van der Waals surface area contributed by atoms with Crippen LogP contribution in [0.4, 0.5) is 0 Å². The van der Waals surface area contributed by atoms with Gasteiger partial charge in [-0.15, -0.1) is 0 Å². The van der Waals surface area contributed by atoms with Gasteiger partial charge in [0.15, 0.2) is 0 Å². The number of carbonyl (C=O) groups excluding carboxylic acids is 1. The van der Waals surface area contributed by atoms with Crippen LogP contribution in [0.15, 0.2) is 0 Å². The Balaban J connectivity index is 2.35. The van der Waals surface area contributed by atoms with Crippen molar-refractivity contribution in [3.8, 4) is 0 Å². The number of nitrogens with one attached hydrogen (secondary N) is 1. The molecule has 0 aliphatic carbocycles. The highest BCUT2D eigenvalue weighted by atomic mass is 16.2. The summed E-state index contributed by atoms with van der Waals surface area (Å²) in [6.07, 6.45) is 3.40. The summed E-state index contributed by atoms with van der Waals surface area (Å²) >= 11 is 0. The molecule has 1 unspecified atom stereocenters. The predicted molar refractivity (Wildman–Crippen MR) is 81.1 cm³/mol. The normalized spacial score (nSPS) is 19.8. The third-order valence-electron chi connectivity index (χ3n) is 3.77. The molecule has 0 saturated carbocycles. The van der Waals surface area contributed by atoms with E-state index >= 15 is 0 Å². The van der Waals surface area contributed by atoms with Crippen molar-refractivity contribution >= 4 is 5.91 Å². The number of hydrogen-bond donors (Lipinski definition) is 1. The van der Waals surface area contributed by atoms with Crippen LogP contribution >= 0.6 is 0 Å². The Labute approximate surface area is 119 Å². The van der Waals surface area contributed by atoms with Gasteiger partial charge in [-0.3, -0.25) is 4.79 Å². The smallest absolute Gasteiger partial charge is 0.227 e. The first-order valence-electron chi connectivity index (χ1n) is 7.75. The van der Waals surface area contributed by atoms with Crippen LogP contribution in [0.5, 0.6) is 0 Å². The van der Waals surface area contributed by atoms with Crippen LogP contribution in [0.1, 0.15) is 60.8 Å². The third-order valence-corrected chi connectivity index (χ3v) is 3.77. The molecule has 1 aliphatic rings. The maximum atomic E-state index is 12.2. The first kappa shape index (κ1) is 16.5. The van der Waals surface area contributed by atoms with Crippen LogP contribution in [0.25, 0.3) is 0 Å². The molecule has 19 heavy (non-hydrogen) atoms. The van der Waals surface area contributed by atoms with Gasteiger partial charge in [-0.2, -0.15) is 0 Å². The summed E-state index contributed by atoms with van der Waals surface area (Å²) in [7, 11) is 0. The van der Waals surface area contributed by atoms with E-state index in [1.807, 2.05) is 25.7 Å². The lowest BCUT2D eigenvalue weighted by atomic mass is 9.92. The molecule has 0 radical (unpaired) electrons. The van der Waals surface area contributed by atoms with E-state index in [2.05, 4.69) is 26.1 Å². The highest BCUT2D eigenvalue weighted by Gasteiger charge is 2.30. The van der Waals surface area contributed by atoms with E-state index in [-0.39, 0.29) is 5.41 Å². The first-order valence-corrected chi connectivity index (χ1v) is 7.75. The second kappa shape index (κ2) is 6.74. The van der Waals surface area contributed by atoms with E-state index in [0.29, 0.717) is 18.0 Å². The van der Waals surface area contributed by atoms with Gasteiger partial charge in [0, 0.05) is 30.6 Å². The van der Waals surface area contributed by atoms with Gasteiger partial charge in [0.1, 0.15) is 0 Å². The standard InChI is InChI=1S/C16H32N2O/c1-12(2)11-13(3)17-14-7-9-18(10-8-14)15(19)16(4,5)6/h12-14,17H,7-11H2,1-6H3. The SMILES string of the molecule is CC(C)CC(C)NC1CCN(C(=O)C(C)(C)C)CC1. The van der Waals surface area contributed by atoms with Crippen molar-refractivity contribution in [3.63, 3.8) is 0 Å². The van der Waals surface area contributed by atoms with Crippen molar-refractivity contribution in [2.45, 2.75) is 72.9 Å². The van der Waals surface area contributed by atoms with Gasteiger partial charge < -0.3 is 10.2 Å². The number of rotatable bonds is 4. The molecule has 1 rings (SSSR count). The Morgan fingerprint density at radius 1 is 1.21 bits per heavy atom. The van der Waals surface area contributed by atoms with Crippen LogP contribution in [0.2, 0.25) is 0 Å². The molecule has 1 saturated heterocycles. The van der Waals surface area contributed by atoms with Crippen LogP contribution < -0.4 is 5.32 Å². The molecule has 1 heterocycles. The van der Waals surface area contributed by atoms with Gasteiger partial charge in [-0.05, 0) is 32.1 Å². The molecular formula is C16H32N2O. The van der Waals surface area contributed by atoms with E-state index in [1.54, 1.807) is 0 Å². The average molecular weight is 268 g/mol. The van der Waals surface area contributed by atoms with Crippen LogP contribution in [-0.4, -0.2) is 36.0 Å². The molecule has 3 nitrogen and oxygen atoms in total. The molecule has 0 aromatic heterocycles. The highest BCUT2D eigenvalue weighted by Crippen LogP contribution is 2.21. The van der Waals surface area contributed by atoms with Gasteiger partial charge in [0.05, 0.1) is 0 Å². The number of hydrogen-bond acceptors (Lipinski definition) is 2. The fourth-order valence-electron chi connectivity index (χ4n) is 2.90. The summed E-state index contributed by atoms with van der Waals surface area (Å²) in [6.45, 7) is 14.6. The van der Waals surface area contributed by atoms with Crippen molar-refractivity contribution in [2.75, 3.05) is 13.1 Å². The second-order valence-corrected chi connectivity index (χ2v) is 7.51. The van der Waals surface area contributed by atoms with E-state index in [0.717, 1.165) is 31.8 Å². The van der Waals surface area contributed by atoms with E-state index in [1.165, 1.54) is 6.42 Å². The minimum atomic E-state index is -0.245. The first-order chi connectivity index (χ1) is 8.70. The van der Waals surface area contributed by atoms with Crippen LogP contribution in [0, 0.1) is 11.3 Å². The lowest BCUT2D eigenvalue weighted by Crippen LogP contribution is -2.49. The molecule has 0 aromatic rings. The maximum Gasteiger partial charge on any atom is 0.227 e. The van der Waals surface area contributed by atoms with Crippen molar-refractivity contribution in [2.24, 2.45) is 11.3 Å². The topological polar surface area (TPSA) is 32.3 Å². The molecular weight excluding hydrogens is 236 g/mol. The quantitative estimate of drug-likeness (QED) is 0.850. The van der Waals surface area contributed by atoms with Crippen LogP contribution in [-0.2, 0) is 4.79 Å². The van der Waals surface area contributed by atoms with Gasteiger partial charge in [-0.1, -0.05) is 34.6 Å². The Morgan fingerprint density at radius 2 is 1.74 bits per heavy atom. The zero-order valence-electron chi connectivity index (χ0n) is 13.6. The predicted octanol–water partition coefficient (Wildman–Crippen LogP) is 3.05. The van der Waals surface area contributed by atoms with Gasteiger partial charge >= 0.3 is 0 Å². The summed E-state index contributed by atoms with van der Waals surface area (Å²) < 4.78 is 0. The van der Waals surface area contributed by atoms with Crippen LogP contribution in [0.3, 0.4) is 0 Å². The summed E-state index contributed by atoms with van der Waals surface area (Å²) in [5.74, 6) is 1.03. The Kier molecular flexibility index (Phi) is 5.84.